The molecule has 0 saturated heterocycles. The first kappa shape index (κ1) is 17.2. The van der Waals surface area contributed by atoms with Crippen LogP contribution in [0, 0.1) is 5.82 Å². The minimum absolute atomic E-state index is 0.214. The van der Waals surface area contributed by atoms with E-state index in [4.69, 9.17) is 11.6 Å². The number of para-hydroxylation sites is 1. The second-order valence-electron chi connectivity index (χ2n) is 6.06. The van der Waals surface area contributed by atoms with Gasteiger partial charge in [-0.25, -0.2) is 14.1 Å². The third-order valence-corrected chi connectivity index (χ3v) is 4.48. The van der Waals surface area contributed by atoms with Crippen LogP contribution in [0.15, 0.2) is 77.6 Å². The van der Waals surface area contributed by atoms with Crippen molar-refractivity contribution in [2.24, 2.45) is 0 Å². The van der Waals surface area contributed by atoms with Gasteiger partial charge in [-0.3, -0.25) is 4.79 Å². The van der Waals surface area contributed by atoms with Crippen molar-refractivity contribution in [1.29, 1.82) is 0 Å². The Morgan fingerprint density at radius 2 is 1.67 bits per heavy atom. The molecule has 0 amide bonds. The Balaban J connectivity index is 1.82. The van der Waals surface area contributed by atoms with Gasteiger partial charge in [-0.2, -0.15) is 0 Å². The zero-order chi connectivity index (χ0) is 18.8. The summed E-state index contributed by atoms with van der Waals surface area (Å²) in [6.45, 7) is 0.408. The van der Waals surface area contributed by atoms with Gasteiger partial charge in [0.05, 0.1) is 17.4 Å². The number of benzene rings is 3. The standard InChI is InChI=1S/C21H15ClFN3O/c22-16-9-5-14(6-10-16)13-24-26-20(15-7-11-17(23)12-8-15)25-19-4-2-1-3-18(19)21(26)27/h1-12,24H,13H2. The molecule has 0 bridgehead atoms. The second-order valence-corrected chi connectivity index (χ2v) is 6.50. The van der Waals surface area contributed by atoms with Crippen molar-refractivity contribution >= 4 is 22.5 Å². The van der Waals surface area contributed by atoms with Crippen LogP contribution < -0.4 is 11.0 Å². The first-order chi connectivity index (χ1) is 13.1. The molecule has 0 spiro atoms. The first-order valence-electron chi connectivity index (χ1n) is 8.38. The first-order valence-corrected chi connectivity index (χ1v) is 8.76. The number of hydrogen-bond acceptors (Lipinski definition) is 3. The molecule has 0 unspecified atom stereocenters. The molecule has 0 aliphatic carbocycles. The number of nitrogens with one attached hydrogen (secondary N) is 1. The number of rotatable bonds is 4. The van der Waals surface area contributed by atoms with Gasteiger partial charge >= 0.3 is 0 Å². The summed E-state index contributed by atoms with van der Waals surface area (Å²) >= 11 is 5.92. The maximum absolute atomic E-state index is 13.3. The van der Waals surface area contributed by atoms with Gasteiger partial charge in [-0.1, -0.05) is 35.9 Å². The fourth-order valence-corrected chi connectivity index (χ4v) is 2.97. The number of aromatic nitrogens is 2. The van der Waals surface area contributed by atoms with E-state index in [1.54, 1.807) is 42.5 Å². The fraction of sp³-hybridized carbons (Fsp3) is 0.0476. The van der Waals surface area contributed by atoms with Gasteiger partial charge in [-0.05, 0) is 54.1 Å². The zero-order valence-corrected chi connectivity index (χ0v) is 14.9. The minimum atomic E-state index is -0.345. The predicted octanol–water partition coefficient (Wildman–Crippen LogP) is 4.60. The van der Waals surface area contributed by atoms with Crippen LogP contribution in [0.1, 0.15) is 5.56 Å². The molecule has 1 N–H and O–H groups in total. The Labute approximate surface area is 159 Å². The molecular weight excluding hydrogens is 365 g/mol. The molecule has 3 aromatic carbocycles. The van der Waals surface area contributed by atoms with Gasteiger partial charge < -0.3 is 5.43 Å². The van der Waals surface area contributed by atoms with E-state index >= 15 is 0 Å². The Hall–Kier alpha value is -3.18. The summed E-state index contributed by atoms with van der Waals surface area (Å²) in [6, 6.07) is 20.4. The van der Waals surface area contributed by atoms with Crippen LogP contribution in [0.25, 0.3) is 22.3 Å². The lowest BCUT2D eigenvalue weighted by Crippen LogP contribution is -2.31. The Kier molecular flexibility index (Phi) is 4.60. The van der Waals surface area contributed by atoms with Crippen molar-refractivity contribution in [2.75, 3.05) is 5.43 Å². The molecule has 0 saturated carbocycles. The van der Waals surface area contributed by atoms with E-state index in [1.807, 2.05) is 18.2 Å². The molecule has 1 heterocycles. The molecule has 4 aromatic rings. The average Bonchev–Trinajstić information content (AvgIpc) is 2.69. The summed E-state index contributed by atoms with van der Waals surface area (Å²) in [4.78, 5) is 17.6. The molecule has 1 aromatic heterocycles. The molecule has 0 aliphatic heterocycles. The molecule has 6 heteroatoms. The van der Waals surface area contributed by atoms with Gasteiger partial charge in [0.1, 0.15) is 5.82 Å². The molecule has 27 heavy (non-hydrogen) atoms. The molecule has 4 nitrogen and oxygen atoms in total. The number of fused-ring (bicyclic) bond motifs is 1. The van der Waals surface area contributed by atoms with E-state index in [-0.39, 0.29) is 11.4 Å². The zero-order valence-electron chi connectivity index (χ0n) is 14.2. The van der Waals surface area contributed by atoms with Gasteiger partial charge in [0, 0.05) is 10.6 Å². The van der Waals surface area contributed by atoms with Crippen LogP contribution in [-0.2, 0) is 6.54 Å². The van der Waals surface area contributed by atoms with Crippen LogP contribution in [0.3, 0.4) is 0 Å². The van der Waals surface area contributed by atoms with Gasteiger partial charge in [0.2, 0.25) is 0 Å². The quantitative estimate of drug-likeness (QED) is 0.563. The van der Waals surface area contributed by atoms with E-state index in [0.29, 0.717) is 33.9 Å². The van der Waals surface area contributed by atoms with Crippen molar-refractivity contribution in [3.8, 4) is 11.4 Å². The fourth-order valence-electron chi connectivity index (χ4n) is 2.84. The van der Waals surface area contributed by atoms with Crippen LogP contribution in [0.5, 0.6) is 0 Å². The normalized spacial score (nSPS) is 10.9. The maximum atomic E-state index is 13.3. The van der Waals surface area contributed by atoms with Crippen LogP contribution in [0.4, 0.5) is 4.39 Å². The molecule has 0 fully saturated rings. The summed E-state index contributed by atoms with van der Waals surface area (Å²) in [7, 11) is 0. The van der Waals surface area contributed by atoms with Crippen LogP contribution >= 0.6 is 11.6 Å². The molecular formula is C21H15ClFN3O. The third-order valence-electron chi connectivity index (χ3n) is 4.23. The van der Waals surface area contributed by atoms with E-state index in [9.17, 15) is 9.18 Å². The Morgan fingerprint density at radius 1 is 0.963 bits per heavy atom. The van der Waals surface area contributed by atoms with Crippen molar-refractivity contribution in [2.45, 2.75) is 6.54 Å². The van der Waals surface area contributed by atoms with E-state index < -0.39 is 0 Å². The topological polar surface area (TPSA) is 46.9 Å². The highest BCUT2D eigenvalue weighted by Gasteiger charge is 2.13. The molecule has 4 rings (SSSR count). The largest absolute Gasteiger partial charge is 0.317 e. The lowest BCUT2D eigenvalue weighted by Gasteiger charge is -2.15. The van der Waals surface area contributed by atoms with E-state index in [2.05, 4.69) is 10.4 Å². The summed E-state index contributed by atoms with van der Waals surface area (Å²) in [6.07, 6.45) is 0. The third kappa shape index (κ3) is 3.55. The highest BCUT2D eigenvalue weighted by atomic mass is 35.5. The Morgan fingerprint density at radius 3 is 2.41 bits per heavy atom. The van der Waals surface area contributed by atoms with Crippen LogP contribution in [0.2, 0.25) is 5.02 Å². The van der Waals surface area contributed by atoms with Crippen molar-refractivity contribution in [3.05, 3.63) is 99.6 Å². The number of hydrogen-bond donors (Lipinski definition) is 1. The Bertz CT molecular complexity index is 1150. The van der Waals surface area contributed by atoms with Gasteiger partial charge in [0.15, 0.2) is 5.82 Å². The maximum Gasteiger partial charge on any atom is 0.280 e. The SMILES string of the molecule is O=c1c2ccccc2nc(-c2ccc(F)cc2)n1NCc1ccc(Cl)cc1. The lowest BCUT2D eigenvalue weighted by molar-refractivity contribution is 0.628. The highest BCUT2D eigenvalue weighted by Crippen LogP contribution is 2.19. The predicted molar refractivity (Wildman–Crippen MR) is 106 cm³/mol. The monoisotopic (exact) mass is 379 g/mol. The summed E-state index contributed by atoms with van der Waals surface area (Å²) < 4.78 is 14.7. The second kappa shape index (κ2) is 7.21. The smallest absolute Gasteiger partial charge is 0.280 e. The number of halogens is 2. The van der Waals surface area contributed by atoms with Crippen molar-refractivity contribution in [1.82, 2.24) is 9.66 Å². The lowest BCUT2D eigenvalue weighted by atomic mass is 10.2. The summed E-state index contributed by atoms with van der Waals surface area (Å²) in [5, 5.41) is 1.15. The minimum Gasteiger partial charge on any atom is -0.317 e. The van der Waals surface area contributed by atoms with Gasteiger partial charge in [-0.15, -0.1) is 0 Å². The summed E-state index contributed by atoms with van der Waals surface area (Å²) in [5.74, 6) is 0.0789. The molecule has 0 aliphatic rings. The van der Waals surface area contributed by atoms with E-state index in [1.165, 1.54) is 16.8 Å². The van der Waals surface area contributed by atoms with Gasteiger partial charge in [0.25, 0.3) is 5.56 Å². The van der Waals surface area contributed by atoms with Crippen LogP contribution in [-0.4, -0.2) is 9.66 Å². The summed E-state index contributed by atoms with van der Waals surface area (Å²) in [5.41, 5.74) is 5.11. The highest BCUT2D eigenvalue weighted by molar-refractivity contribution is 6.30. The van der Waals surface area contributed by atoms with Crippen molar-refractivity contribution < 1.29 is 4.39 Å². The van der Waals surface area contributed by atoms with E-state index in [0.717, 1.165) is 5.56 Å². The molecule has 134 valence electrons. The van der Waals surface area contributed by atoms with Crippen molar-refractivity contribution in [3.63, 3.8) is 0 Å². The average molecular weight is 380 g/mol. The molecule has 0 atom stereocenters. The number of nitrogens with zero attached hydrogens (tertiary/aromatic N) is 2. The molecule has 0 radical (unpaired) electrons.